The summed E-state index contributed by atoms with van der Waals surface area (Å²) in [5.74, 6) is -1.35. The minimum absolute atomic E-state index is 0.0473. The first-order valence-corrected chi connectivity index (χ1v) is 9.00. The molecule has 1 N–H and O–H groups in total. The fourth-order valence-corrected chi connectivity index (χ4v) is 3.23. The molecule has 0 bridgehead atoms. The van der Waals surface area contributed by atoms with Gasteiger partial charge in [0.05, 0.1) is 0 Å². The highest BCUT2D eigenvalue weighted by Crippen LogP contribution is 2.23. The van der Waals surface area contributed by atoms with Gasteiger partial charge in [-0.1, -0.05) is 36.4 Å². The lowest BCUT2D eigenvalue weighted by atomic mass is 10.1. The van der Waals surface area contributed by atoms with Crippen molar-refractivity contribution in [2.24, 2.45) is 0 Å². The third-order valence-electron chi connectivity index (χ3n) is 4.60. The smallest absolute Gasteiger partial charge is 0.323 e. The van der Waals surface area contributed by atoms with Gasteiger partial charge in [-0.3, -0.25) is 14.4 Å². The number of amides is 2. The second-order valence-corrected chi connectivity index (χ2v) is 6.56. The number of carbonyl (C=O) groups excluding carboxylic acids is 2. The van der Waals surface area contributed by atoms with E-state index in [9.17, 15) is 19.5 Å². The molecule has 1 heterocycles. The van der Waals surface area contributed by atoms with Crippen LogP contribution in [0.4, 0.5) is 5.69 Å². The standard InChI is InChI=1S/C21H22N2O4/c24-19-10-5-12-23(19)18-9-4-8-17(14-18)21(27)22(15-20(25)26)13-11-16-6-2-1-3-7-16/h1-4,6-9,14H,5,10-13,15H2,(H,25,26). The van der Waals surface area contributed by atoms with Gasteiger partial charge in [0.25, 0.3) is 5.91 Å². The third kappa shape index (κ3) is 4.73. The van der Waals surface area contributed by atoms with Gasteiger partial charge in [-0.25, -0.2) is 0 Å². The van der Waals surface area contributed by atoms with Gasteiger partial charge in [-0.05, 0) is 36.6 Å². The number of hydrogen-bond acceptors (Lipinski definition) is 3. The summed E-state index contributed by atoms with van der Waals surface area (Å²) in [6.45, 7) is 0.587. The van der Waals surface area contributed by atoms with Gasteiger partial charge in [0, 0.05) is 30.8 Å². The fourth-order valence-electron chi connectivity index (χ4n) is 3.23. The number of carboxylic acids is 1. The van der Waals surface area contributed by atoms with Gasteiger partial charge in [-0.15, -0.1) is 0 Å². The lowest BCUT2D eigenvalue weighted by molar-refractivity contribution is -0.137. The molecule has 1 fully saturated rings. The van der Waals surface area contributed by atoms with Crippen LogP contribution in [0.15, 0.2) is 54.6 Å². The fraction of sp³-hybridized carbons (Fsp3) is 0.286. The second kappa shape index (κ2) is 8.49. The Labute approximate surface area is 158 Å². The quantitative estimate of drug-likeness (QED) is 0.817. The predicted molar refractivity (Wildman–Crippen MR) is 102 cm³/mol. The van der Waals surface area contributed by atoms with Crippen LogP contribution in [-0.4, -0.2) is 47.4 Å². The number of nitrogens with zero attached hydrogens (tertiary/aromatic N) is 2. The Kier molecular flexibility index (Phi) is 5.86. The number of hydrogen-bond donors (Lipinski definition) is 1. The molecule has 0 atom stereocenters. The molecule has 0 saturated carbocycles. The molecule has 2 aromatic rings. The molecule has 140 valence electrons. The largest absolute Gasteiger partial charge is 0.480 e. The summed E-state index contributed by atoms with van der Waals surface area (Å²) < 4.78 is 0. The maximum Gasteiger partial charge on any atom is 0.323 e. The molecule has 1 aliphatic rings. The molecular weight excluding hydrogens is 344 g/mol. The van der Waals surface area contributed by atoms with Crippen LogP contribution in [0.2, 0.25) is 0 Å². The molecule has 6 heteroatoms. The first-order chi connectivity index (χ1) is 13.0. The lowest BCUT2D eigenvalue weighted by Crippen LogP contribution is -2.37. The zero-order chi connectivity index (χ0) is 19.2. The Morgan fingerprint density at radius 3 is 2.52 bits per heavy atom. The van der Waals surface area contributed by atoms with Crippen LogP contribution in [0, 0.1) is 0 Å². The van der Waals surface area contributed by atoms with Gasteiger partial charge < -0.3 is 14.9 Å². The minimum Gasteiger partial charge on any atom is -0.480 e. The van der Waals surface area contributed by atoms with Crippen molar-refractivity contribution in [3.05, 3.63) is 65.7 Å². The van der Waals surface area contributed by atoms with Gasteiger partial charge in [0.2, 0.25) is 5.91 Å². The number of rotatable bonds is 7. The van der Waals surface area contributed by atoms with E-state index in [1.54, 1.807) is 29.2 Å². The van der Waals surface area contributed by atoms with Gasteiger partial charge >= 0.3 is 5.97 Å². The van der Waals surface area contributed by atoms with Crippen LogP contribution in [0.3, 0.4) is 0 Å². The molecule has 1 aliphatic heterocycles. The average Bonchev–Trinajstić information content (AvgIpc) is 3.11. The van der Waals surface area contributed by atoms with E-state index in [-0.39, 0.29) is 18.4 Å². The molecule has 0 unspecified atom stereocenters. The van der Waals surface area contributed by atoms with Crippen molar-refractivity contribution in [2.45, 2.75) is 19.3 Å². The summed E-state index contributed by atoms with van der Waals surface area (Å²) in [5, 5.41) is 9.19. The monoisotopic (exact) mass is 366 g/mol. The van der Waals surface area contributed by atoms with Crippen LogP contribution in [-0.2, 0) is 16.0 Å². The van der Waals surface area contributed by atoms with Crippen LogP contribution >= 0.6 is 0 Å². The summed E-state index contributed by atoms with van der Waals surface area (Å²) in [6.07, 6.45) is 1.89. The lowest BCUT2D eigenvalue weighted by Gasteiger charge is -2.22. The molecule has 3 rings (SSSR count). The summed E-state index contributed by atoms with van der Waals surface area (Å²) >= 11 is 0. The van der Waals surface area contributed by atoms with E-state index < -0.39 is 5.97 Å². The molecule has 0 spiro atoms. The van der Waals surface area contributed by atoms with Gasteiger partial charge in [0.15, 0.2) is 0 Å². The molecule has 1 saturated heterocycles. The highest BCUT2D eigenvalue weighted by atomic mass is 16.4. The topological polar surface area (TPSA) is 77.9 Å². The first-order valence-electron chi connectivity index (χ1n) is 9.00. The molecule has 0 aliphatic carbocycles. The molecule has 2 amide bonds. The number of aliphatic carboxylic acids is 1. The number of carboxylic acid groups (broad SMARTS) is 1. The van der Waals surface area contributed by atoms with Crippen molar-refractivity contribution in [1.29, 1.82) is 0 Å². The number of anilines is 1. The number of carbonyl (C=O) groups is 3. The Morgan fingerprint density at radius 1 is 1.07 bits per heavy atom. The summed E-state index contributed by atoms with van der Waals surface area (Å²) in [5.41, 5.74) is 2.11. The van der Waals surface area contributed by atoms with Crippen LogP contribution in [0.1, 0.15) is 28.8 Å². The second-order valence-electron chi connectivity index (χ2n) is 6.56. The SMILES string of the molecule is O=C(O)CN(CCc1ccccc1)C(=O)c1cccc(N2CCCC2=O)c1. The van der Waals surface area contributed by atoms with Crippen LogP contribution < -0.4 is 4.90 Å². The molecular formula is C21H22N2O4. The van der Waals surface area contributed by atoms with E-state index in [1.807, 2.05) is 30.3 Å². The molecule has 6 nitrogen and oxygen atoms in total. The summed E-state index contributed by atoms with van der Waals surface area (Å²) in [4.78, 5) is 39.1. The Bertz CT molecular complexity index is 835. The average molecular weight is 366 g/mol. The normalized spacial score (nSPS) is 13.6. The molecule has 0 radical (unpaired) electrons. The maximum absolute atomic E-state index is 12.9. The van der Waals surface area contributed by atoms with Gasteiger partial charge in [0.1, 0.15) is 6.54 Å². The predicted octanol–water partition coefficient (Wildman–Crippen LogP) is 2.58. The highest BCUT2D eigenvalue weighted by molar-refractivity contribution is 5.99. The van der Waals surface area contributed by atoms with Crippen molar-refractivity contribution in [1.82, 2.24) is 4.90 Å². The van der Waals surface area contributed by atoms with Crippen LogP contribution in [0.5, 0.6) is 0 Å². The van der Waals surface area contributed by atoms with Gasteiger partial charge in [-0.2, -0.15) is 0 Å². The van der Waals surface area contributed by atoms with Crippen molar-refractivity contribution >= 4 is 23.5 Å². The Morgan fingerprint density at radius 2 is 1.85 bits per heavy atom. The number of benzene rings is 2. The van der Waals surface area contributed by atoms with E-state index in [0.717, 1.165) is 12.0 Å². The molecule has 27 heavy (non-hydrogen) atoms. The van der Waals surface area contributed by atoms with Crippen molar-refractivity contribution in [2.75, 3.05) is 24.5 Å². The van der Waals surface area contributed by atoms with E-state index >= 15 is 0 Å². The zero-order valence-electron chi connectivity index (χ0n) is 15.0. The Balaban J connectivity index is 1.76. The highest BCUT2D eigenvalue weighted by Gasteiger charge is 2.24. The van der Waals surface area contributed by atoms with E-state index in [2.05, 4.69) is 0 Å². The maximum atomic E-state index is 12.9. The molecule has 2 aromatic carbocycles. The van der Waals surface area contributed by atoms with Crippen molar-refractivity contribution < 1.29 is 19.5 Å². The third-order valence-corrected chi connectivity index (χ3v) is 4.60. The zero-order valence-corrected chi connectivity index (χ0v) is 15.0. The van der Waals surface area contributed by atoms with E-state index in [0.29, 0.717) is 37.2 Å². The summed E-state index contributed by atoms with van der Waals surface area (Å²) in [6, 6.07) is 16.5. The van der Waals surface area contributed by atoms with Crippen LogP contribution in [0.25, 0.3) is 0 Å². The van der Waals surface area contributed by atoms with E-state index in [1.165, 1.54) is 4.90 Å². The minimum atomic E-state index is -1.05. The van der Waals surface area contributed by atoms with E-state index in [4.69, 9.17) is 0 Å². The molecule has 0 aromatic heterocycles. The summed E-state index contributed by atoms with van der Waals surface area (Å²) in [7, 11) is 0. The van der Waals surface area contributed by atoms with Crippen molar-refractivity contribution in [3.8, 4) is 0 Å². The first kappa shape index (κ1) is 18.6. The Hall–Kier alpha value is -3.15. The van der Waals surface area contributed by atoms with Crippen molar-refractivity contribution in [3.63, 3.8) is 0 Å².